The Labute approximate surface area is 132 Å². The molecule has 2 aromatic heterocycles. The van der Waals surface area contributed by atoms with Crippen molar-refractivity contribution in [2.75, 3.05) is 0 Å². The monoisotopic (exact) mass is 368 g/mol. The number of aromatic nitrogens is 2. The molecule has 0 saturated heterocycles. The molecule has 0 unspecified atom stereocenters. The smallest absolute Gasteiger partial charge is 0.277 e. The predicted octanol–water partition coefficient (Wildman–Crippen LogP) is 4.83. The van der Waals surface area contributed by atoms with E-state index >= 15 is 0 Å². The molecule has 2 heterocycles. The number of hydrogen-bond acceptors (Lipinski definition) is 5. The first kappa shape index (κ1) is 14.3. The van der Waals surface area contributed by atoms with Crippen molar-refractivity contribution in [3.63, 3.8) is 0 Å². The Morgan fingerprint density at radius 2 is 2.14 bits per heavy atom. The van der Waals surface area contributed by atoms with Crippen molar-refractivity contribution in [1.82, 2.24) is 10.2 Å². The van der Waals surface area contributed by atoms with Crippen LogP contribution in [0.25, 0.3) is 11.5 Å². The summed E-state index contributed by atoms with van der Waals surface area (Å²) < 4.78 is 24.5. The second kappa shape index (κ2) is 6.03. The zero-order valence-corrected chi connectivity index (χ0v) is 13.4. The number of furan rings is 1. The number of nitrogens with zero attached hydrogens (tertiary/aromatic N) is 2. The minimum Gasteiger partial charge on any atom is -0.469 e. The van der Waals surface area contributed by atoms with Crippen molar-refractivity contribution < 1.29 is 13.2 Å². The van der Waals surface area contributed by atoms with Gasteiger partial charge in [-0.2, -0.15) is 0 Å². The number of rotatable bonds is 4. The summed E-state index contributed by atoms with van der Waals surface area (Å²) in [6.07, 6.45) is 1.58. The first-order chi connectivity index (χ1) is 10.1. The lowest BCUT2D eigenvalue weighted by Crippen LogP contribution is -1.85. The number of aryl methyl sites for hydroxylation is 1. The van der Waals surface area contributed by atoms with Crippen molar-refractivity contribution >= 4 is 27.7 Å². The summed E-state index contributed by atoms with van der Waals surface area (Å²) in [4.78, 5) is 0. The molecule has 3 aromatic rings. The molecule has 0 spiro atoms. The van der Waals surface area contributed by atoms with Gasteiger partial charge in [-0.3, -0.25) is 0 Å². The molecule has 4 nitrogen and oxygen atoms in total. The Bertz CT molecular complexity index is 772. The Kier molecular flexibility index (Phi) is 4.12. The summed E-state index contributed by atoms with van der Waals surface area (Å²) in [5.74, 6) is 1.50. The van der Waals surface area contributed by atoms with Crippen LogP contribution in [0, 0.1) is 12.7 Å². The lowest BCUT2D eigenvalue weighted by atomic mass is 10.2. The van der Waals surface area contributed by atoms with Gasteiger partial charge in [0.05, 0.1) is 11.8 Å². The fourth-order valence-electron chi connectivity index (χ4n) is 1.76. The van der Waals surface area contributed by atoms with E-state index in [0.29, 0.717) is 16.9 Å². The first-order valence-corrected chi connectivity index (χ1v) is 7.86. The second-order valence-corrected chi connectivity index (χ2v) is 6.07. The van der Waals surface area contributed by atoms with Gasteiger partial charge in [-0.15, -0.1) is 10.2 Å². The Morgan fingerprint density at radius 3 is 2.86 bits per heavy atom. The van der Waals surface area contributed by atoms with Crippen LogP contribution in [0.1, 0.15) is 11.3 Å². The topological polar surface area (TPSA) is 52.1 Å². The van der Waals surface area contributed by atoms with E-state index in [1.807, 2.05) is 6.92 Å². The summed E-state index contributed by atoms with van der Waals surface area (Å²) >= 11 is 4.73. The van der Waals surface area contributed by atoms with Crippen LogP contribution < -0.4 is 0 Å². The van der Waals surface area contributed by atoms with E-state index in [4.69, 9.17) is 8.83 Å². The van der Waals surface area contributed by atoms with Crippen molar-refractivity contribution in [3.05, 3.63) is 52.1 Å². The highest BCUT2D eigenvalue weighted by Gasteiger charge is 2.13. The number of hydrogen-bond donors (Lipinski definition) is 0. The highest BCUT2D eigenvalue weighted by Crippen LogP contribution is 2.29. The molecule has 0 amide bonds. The van der Waals surface area contributed by atoms with Crippen LogP contribution in [-0.4, -0.2) is 10.2 Å². The molecule has 0 fully saturated rings. The predicted molar refractivity (Wildman–Crippen MR) is 80.4 cm³/mol. The van der Waals surface area contributed by atoms with Gasteiger partial charge in [0.15, 0.2) is 0 Å². The summed E-state index contributed by atoms with van der Waals surface area (Å²) in [6.45, 7) is 1.84. The molecule has 7 heteroatoms. The average Bonchev–Trinajstić information content (AvgIpc) is 3.06. The van der Waals surface area contributed by atoms with Gasteiger partial charge < -0.3 is 8.83 Å². The van der Waals surface area contributed by atoms with Crippen LogP contribution in [0.2, 0.25) is 0 Å². The molecule has 1 aromatic carbocycles. The van der Waals surface area contributed by atoms with Gasteiger partial charge in [-0.25, -0.2) is 4.39 Å². The van der Waals surface area contributed by atoms with E-state index in [2.05, 4.69) is 26.1 Å². The van der Waals surface area contributed by atoms with Gasteiger partial charge in [0.1, 0.15) is 11.6 Å². The quantitative estimate of drug-likeness (QED) is 0.617. The van der Waals surface area contributed by atoms with Gasteiger partial charge in [-0.05, 0) is 30.7 Å². The fourth-order valence-corrected chi connectivity index (χ4v) is 3.21. The summed E-state index contributed by atoms with van der Waals surface area (Å²) in [7, 11) is 0. The molecule has 0 aliphatic heterocycles. The fraction of sp³-hybridized carbons (Fsp3) is 0.143. The molecule has 0 bridgehead atoms. The third kappa shape index (κ3) is 3.19. The maximum atomic E-state index is 13.0. The Hall–Kier alpha value is -1.60. The van der Waals surface area contributed by atoms with Crippen LogP contribution >= 0.6 is 27.7 Å². The lowest BCUT2D eigenvalue weighted by Gasteiger charge is -2.01. The lowest BCUT2D eigenvalue weighted by molar-refractivity contribution is 0.463. The van der Waals surface area contributed by atoms with Gasteiger partial charge in [0.25, 0.3) is 11.1 Å². The van der Waals surface area contributed by atoms with E-state index in [1.54, 1.807) is 18.4 Å². The van der Waals surface area contributed by atoms with Gasteiger partial charge in [0.2, 0.25) is 0 Å². The number of benzene rings is 1. The average molecular weight is 369 g/mol. The van der Waals surface area contributed by atoms with Crippen molar-refractivity contribution in [2.24, 2.45) is 0 Å². The maximum absolute atomic E-state index is 13.0. The molecule has 0 aliphatic rings. The van der Waals surface area contributed by atoms with Gasteiger partial charge in [0, 0.05) is 10.2 Å². The Balaban J connectivity index is 1.72. The molecule has 108 valence electrons. The zero-order chi connectivity index (χ0) is 14.8. The van der Waals surface area contributed by atoms with Crippen LogP contribution in [-0.2, 0) is 5.75 Å². The Morgan fingerprint density at radius 1 is 1.29 bits per heavy atom. The number of thioether (sulfide) groups is 1. The van der Waals surface area contributed by atoms with Crippen LogP contribution in [0.3, 0.4) is 0 Å². The number of halogens is 2. The molecule has 0 aliphatic carbocycles. The van der Waals surface area contributed by atoms with Crippen LogP contribution in [0.15, 0.2) is 49.1 Å². The maximum Gasteiger partial charge on any atom is 0.277 e. The minimum atomic E-state index is -0.272. The third-order valence-electron chi connectivity index (χ3n) is 2.86. The van der Waals surface area contributed by atoms with E-state index in [-0.39, 0.29) is 5.82 Å². The van der Waals surface area contributed by atoms with Gasteiger partial charge in [-0.1, -0.05) is 33.8 Å². The standard InChI is InChI=1S/C14H10BrFN2O2S/c1-8-11(4-5-19-8)13-17-18-14(20-13)21-7-9-2-3-10(16)6-12(9)15/h2-6H,7H2,1H3. The van der Waals surface area contributed by atoms with Crippen LogP contribution in [0.5, 0.6) is 0 Å². The summed E-state index contributed by atoms with van der Waals surface area (Å²) in [5, 5.41) is 8.45. The molecular formula is C14H10BrFN2O2S. The molecule has 0 atom stereocenters. The van der Waals surface area contributed by atoms with Crippen molar-refractivity contribution in [3.8, 4) is 11.5 Å². The second-order valence-electron chi connectivity index (χ2n) is 4.29. The summed E-state index contributed by atoms with van der Waals surface area (Å²) in [5.41, 5.74) is 1.75. The van der Waals surface area contributed by atoms with Crippen molar-refractivity contribution in [2.45, 2.75) is 17.9 Å². The minimum absolute atomic E-state index is 0.272. The van der Waals surface area contributed by atoms with E-state index in [0.717, 1.165) is 21.4 Å². The zero-order valence-electron chi connectivity index (χ0n) is 11.0. The van der Waals surface area contributed by atoms with E-state index < -0.39 is 0 Å². The molecular weight excluding hydrogens is 359 g/mol. The van der Waals surface area contributed by atoms with E-state index in [9.17, 15) is 4.39 Å². The molecule has 21 heavy (non-hydrogen) atoms. The van der Waals surface area contributed by atoms with Gasteiger partial charge >= 0.3 is 0 Å². The summed E-state index contributed by atoms with van der Waals surface area (Å²) in [6, 6.07) is 6.37. The normalized spacial score (nSPS) is 11.0. The molecule has 0 N–H and O–H groups in total. The largest absolute Gasteiger partial charge is 0.469 e. The highest BCUT2D eigenvalue weighted by molar-refractivity contribution is 9.10. The van der Waals surface area contributed by atoms with Crippen molar-refractivity contribution in [1.29, 1.82) is 0 Å². The highest BCUT2D eigenvalue weighted by atomic mass is 79.9. The molecule has 3 rings (SSSR count). The first-order valence-electron chi connectivity index (χ1n) is 6.08. The van der Waals surface area contributed by atoms with Crippen LogP contribution in [0.4, 0.5) is 4.39 Å². The third-order valence-corrected chi connectivity index (χ3v) is 4.47. The molecule has 0 saturated carbocycles. The molecule has 0 radical (unpaired) electrons. The SMILES string of the molecule is Cc1occc1-c1nnc(SCc2ccc(F)cc2Br)o1. The van der Waals surface area contributed by atoms with E-state index in [1.165, 1.54) is 23.9 Å².